The van der Waals surface area contributed by atoms with Crippen molar-refractivity contribution in [3.63, 3.8) is 0 Å². The minimum Gasteiger partial charge on any atom is -0.491 e. The highest BCUT2D eigenvalue weighted by Crippen LogP contribution is 2.25. The topological polar surface area (TPSA) is 38.8 Å². The second-order valence-corrected chi connectivity index (χ2v) is 3.82. The number of benzene rings is 1. The lowest BCUT2D eigenvalue weighted by Gasteiger charge is -2.06. The summed E-state index contributed by atoms with van der Waals surface area (Å²) in [5.74, 6) is 0.784. The average molecular weight is 221 g/mol. The molecule has 1 aliphatic rings. The van der Waals surface area contributed by atoms with Crippen LogP contribution in [-0.4, -0.2) is 38.2 Å². The summed E-state index contributed by atoms with van der Waals surface area (Å²) in [6.45, 7) is 1.73. The monoisotopic (exact) mass is 221 g/mol. The first-order chi connectivity index (χ1) is 7.72. The Balaban J connectivity index is 2.11. The van der Waals surface area contributed by atoms with Crippen LogP contribution < -0.4 is 4.74 Å². The molecule has 0 aromatic heterocycles. The van der Waals surface area contributed by atoms with E-state index < -0.39 is 0 Å². The van der Waals surface area contributed by atoms with Crippen LogP contribution in [0.4, 0.5) is 0 Å². The molecule has 0 saturated heterocycles. The van der Waals surface area contributed by atoms with Gasteiger partial charge in [0, 0.05) is 26.3 Å². The Bertz CT molecular complexity index is 403. The second kappa shape index (κ2) is 4.53. The maximum atomic E-state index is 11.7. The summed E-state index contributed by atoms with van der Waals surface area (Å²) in [4.78, 5) is 13.4. The third-order valence-electron chi connectivity index (χ3n) is 2.62. The molecule has 2 rings (SSSR count). The van der Waals surface area contributed by atoms with Gasteiger partial charge in [-0.05, 0) is 17.7 Å². The first-order valence-corrected chi connectivity index (χ1v) is 5.22. The van der Waals surface area contributed by atoms with Gasteiger partial charge in [-0.1, -0.05) is 6.07 Å². The third kappa shape index (κ3) is 2.02. The van der Waals surface area contributed by atoms with Crippen LogP contribution in [-0.2, 0) is 11.3 Å². The molecule has 0 atom stereocenters. The van der Waals surface area contributed by atoms with Crippen molar-refractivity contribution in [1.29, 1.82) is 0 Å². The van der Waals surface area contributed by atoms with E-state index in [1.165, 1.54) is 0 Å². The van der Waals surface area contributed by atoms with Crippen LogP contribution >= 0.6 is 0 Å². The SMILES string of the molecule is COCCOc1ccc2c(c1)C(=O)N(C)C2. The summed E-state index contributed by atoms with van der Waals surface area (Å²) in [6, 6.07) is 5.64. The van der Waals surface area contributed by atoms with Gasteiger partial charge in [-0.25, -0.2) is 0 Å². The average Bonchev–Trinajstić information content (AvgIpc) is 2.56. The first kappa shape index (κ1) is 11.0. The number of fused-ring (bicyclic) bond motifs is 1. The zero-order valence-corrected chi connectivity index (χ0v) is 9.53. The van der Waals surface area contributed by atoms with Crippen molar-refractivity contribution in [1.82, 2.24) is 4.90 Å². The molecule has 1 amide bonds. The number of hydrogen-bond donors (Lipinski definition) is 0. The molecule has 0 saturated carbocycles. The van der Waals surface area contributed by atoms with Gasteiger partial charge in [0.05, 0.1) is 6.61 Å². The van der Waals surface area contributed by atoms with Crippen molar-refractivity contribution in [2.75, 3.05) is 27.4 Å². The van der Waals surface area contributed by atoms with Crippen LogP contribution in [0.3, 0.4) is 0 Å². The molecule has 4 nitrogen and oxygen atoms in total. The predicted octanol–water partition coefficient (Wildman–Crippen LogP) is 1.30. The Morgan fingerprint density at radius 3 is 2.94 bits per heavy atom. The zero-order valence-electron chi connectivity index (χ0n) is 9.53. The van der Waals surface area contributed by atoms with Crippen LogP contribution in [0.15, 0.2) is 18.2 Å². The number of nitrogens with zero attached hydrogens (tertiary/aromatic N) is 1. The summed E-state index contributed by atoms with van der Waals surface area (Å²) in [5, 5.41) is 0. The Hall–Kier alpha value is -1.55. The smallest absolute Gasteiger partial charge is 0.254 e. The number of methoxy groups -OCH3 is 1. The molecule has 0 fully saturated rings. The van der Waals surface area contributed by atoms with Crippen LogP contribution in [0.1, 0.15) is 15.9 Å². The Labute approximate surface area is 94.8 Å². The predicted molar refractivity (Wildman–Crippen MR) is 59.6 cm³/mol. The van der Waals surface area contributed by atoms with Crippen molar-refractivity contribution in [2.24, 2.45) is 0 Å². The Kier molecular flexibility index (Phi) is 3.10. The standard InChI is InChI=1S/C12H15NO3/c1-13-8-9-3-4-10(16-6-5-15-2)7-11(9)12(13)14/h3-4,7H,5-6,8H2,1-2H3. The molecule has 0 bridgehead atoms. The molecule has 0 unspecified atom stereocenters. The number of hydrogen-bond acceptors (Lipinski definition) is 3. The van der Waals surface area contributed by atoms with Gasteiger partial charge < -0.3 is 14.4 Å². The van der Waals surface area contributed by atoms with Crippen molar-refractivity contribution < 1.29 is 14.3 Å². The van der Waals surface area contributed by atoms with Crippen LogP contribution in [0.2, 0.25) is 0 Å². The van der Waals surface area contributed by atoms with Crippen molar-refractivity contribution in [2.45, 2.75) is 6.54 Å². The molecule has 1 aromatic carbocycles. The fourth-order valence-electron chi connectivity index (χ4n) is 1.76. The molecule has 1 aliphatic heterocycles. The van der Waals surface area contributed by atoms with E-state index in [-0.39, 0.29) is 5.91 Å². The molecule has 0 N–H and O–H groups in total. The molecule has 1 aromatic rings. The minimum atomic E-state index is 0.0622. The minimum absolute atomic E-state index is 0.0622. The largest absolute Gasteiger partial charge is 0.491 e. The number of ether oxygens (including phenoxy) is 2. The van der Waals surface area contributed by atoms with E-state index in [2.05, 4.69) is 0 Å². The van der Waals surface area contributed by atoms with Gasteiger partial charge in [0.2, 0.25) is 0 Å². The molecule has 4 heteroatoms. The third-order valence-corrected chi connectivity index (χ3v) is 2.62. The van der Waals surface area contributed by atoms with Gasteiger partial charge >= 0.3 is 0 Å². The van der Waals surface area contributed by atoms with Crippen molar-refractivity contribution in [3.8, 4) is 5.75 Å². The Morgan fingerprint density at radius 2 is 2.19 bits per heavy atom. The number of amides is 1. The van der Waals surface area contributed by atoms with Gasteiger partial charge in [0.15, 0.2) is 0 Å². The second-order valence-electron chi connectivity index (χ2n) is 3.82. The van der Waals surface area contributed by atoms with E-state index in [1.54, 1.807) is 25.1 Å². The van der Waals surface area contributed by atoms with Crippen LogP contribution in [0.25, 0.3) is 0 Å². The van der Waals surface area contributed by atoms with Crippen molar-refractivity contribution in [3.05, 3.63) is 29.3 Å². The number of carbonyl (C=O) groups is 1. The van der Waals surface area contributed by atoms with Crippen LogP contribution in [0.5, 0.6) is 5.75 Å². The van der Waals surface area contributed by atoms with Gasteiger partial charge in [-0.2, -0.15) is 0 Å². The molecular formula is C12H15NO3. The maximum absolute atomic E-state index is 11.7. The van der Waals surface area contributed by atoms with E-state index in [9.17, 15) is 4.79 Å². The van der Waals surface area contributed by atoms with Crippen molar-refractivity contribution >= 4 is 5.91 Å². The normalized spacial score (nSPS) is 14.1. The molecule has 0 radical (unpaired) electrons. The van der Waals surface area contributed by atoms with E-state index in [0.717, 1.165) is 16.9 Å². The lowest BCUT2D eigenvalue weighted by Crippen LogP contribution is -2.17. The van der Waals surface area contributed by atoms with Gasteiger partial charge in [-0.15, -0.1) is 0 Å². The van der Waals surface area contributed by atoms with Crippen LogP contribution in [0, 0.1) is 0 Å². The van der Waals surface area contributed by atoms with Gasteiger partial charge in [0.1, 0.15) is 12.4 Å². The number of rotatable bonds is 4. The molecule has 0 spiro atoms. The molecular weight excluding hydrogens is 206 g/mol. The summed E-state index contributed by atoms with van der Waals surface area (Å²) >= 11 is 0. The molecule has 86 valence electrons. The fraction of sp³-hybridized carbons (Fsp3) is 0.417. The summed E-state index contributed by atoms with van der Waals surface area (Å²) in [7, 11) is 3.43. The number of carbonyl (C=O) groups excluding carboxylic acids is 1. The summed E-state index contributed by atoms with van der Waals surface area (Å²) < 4.78 is 10.4. The van der Waals surface area contributed by atoms with E-state index in [1.807, 2.05) is 12.1 Å². The first-order valence-electron chi connectivity index (χ1n) is 5.22. The maximum Gasteiger partial charge on any atom is 0.254 e. The lowest BCUT2D eigenvalue weighted by molar-refractivity contribution is 0.0816. The highest BCUT2D eigenvalue weighted by atomic mass is 16.5. The molecule has 1 heterocycles. The van der Waals surface area contributed by atoms with E-state index in [0.29, 0.717) is 19.8 Å². The molecule has 16 heavy (non-hydrogen) atoms. The van der Waals surface area contributed by atoms with E-state index in [4.69, 9.17) is 9.47 Å². The Morgan fingerprint density at radius 1 is 1.38 bits per heavy atom. The highest BCUT2D eigenvalue weighted by Gasteiger charge is 2.24. The highest BCUT2D eigenvalue weighted by molar-refractivity contribution is 5.98. The summed E-state index contributed by atoms with van der Waals surface area (Å²) in [5.41, 5.74) is 1.81. The van der Waals surface area contributed by atoms with E-state index >= 15 is 0 Å². The zero-order chi connectivity index (χ0) is 11.5. The quantitative estimate of drug-likeness (QED) is 0.719. The fourth-order valence-corrected chi connectivity index (χ4v) is 1.76. The molecule has 0 aliphatic carbocycles. The summed E-state index contributed by atoms with van der Waals surface area (Å²) in [6.07, 6.45) is 0. The van der Waals surface area contributed by atoms with Gasteiger partial charge in [0.25, 0.3) is 5.91 Å². The van der Waals surface area contributed by atoms with Gasteiger partial charge in [-0.3, -0.25) is 4.79 Å². The lowest BCUT2D eigenvalue weighted by atomic mass is 10.1.